The number of amides is 1. The predicted octanol–water partition coefficient (Wildman–Crippen LogP) is 0.388. The van der Waals surface area contributed by atoms with Crippen LogP contribution in [-0.2, 0) is 4.79 Å². The van der Waals surface area contributed by atoms with E-state index < -0.39 is 0 Å². The van der Waals surface area contributed by atoms with E-state index in [2.05, 4.69) is 37.3 Å². The maximum Gasteiger partial charge on any atom is 0.234 e. The Kier molecular flexibility index (Phi) is 4.66. The highest BCUT2D eigenvalue weighted by molar-refractivity contribution is 5.78. The molecule has 1 aliphatic heterocycles. The Morgan fingerprint density at radius 2 is 1.96 bits per heavy atom. The van der Waals surface area contributed by atoms with Crippen LogP contribution in [0.3, 0.4) is 0 Å². The smallest absolute Gasteiger partial charge is 0.234 e. The van der Waals surface area contributed by atoms with Crippen LogP contribution in [0.25, 0.3) is 5.65 Å². The number of anilines is 1. The third-order valence-electron chi connectivity index (χ3n) is 4.40. The van der Waals surface area contributed by atoms with Gasteiger partial charge < -0.3 is 10.2 Å². The van der Waals surface area contributed by atoms with E-state index in [0.29, 0.717) is 6.54 Å². The molecule has 0 bridgehead atoms. The Labute approximate surface area is 141 Å². The highest BCUT2D eigenvalue weighted by Gasteiger charge is 2.23. The molecule has 0 saturated carbocycles. The Hall–Kier alpha value is -2.22. The first-order valence-electron chi connectivity index (χ1n) is 8.39. The summed E-state index contributed by atoms with van der Waals surface area (Å²) in [7, 11) is 0. The fraction of sp³-hybridized carbons (Fsp3) is 0.625. The second-order valence-electron chi connectivity index (χ2n) is 6.64. The quantitative estimate of drug-likeness (QED) is 0.873. The van der Waals surface area contributed by atoms with Crippen LogP contribution in [0.5, 0.6) is 0 Å². The lowest BCUT2D eigenvalue weighted by Crippen LogP contribution is -2.50. The second-order valence-corrected chi connectivity index (χ2v) is 6.64. The molecule has 2 aromatic heterocycles. The van der Waals surface area contributed by atoms with Gasteiger partial charge in [-0.2, -0.15) is 9.61 Å². The number of aromatic nitrogens is 4. The summed E-state index contributed by atoms with van der Waals surface area (Å²) in [6, 6.07) is 0.183. The molecule has 3 heterocycles. The number of rotatable bonds is 4. The van der Waals surface area contributed by atoms with Crippen molar-refractivity contribution in [3.8, 4) is 0 Å². The molecule has 3 rings (SSSR count). The number of nitrogens with one attached hydrogen (secondary N) is 1. The fourth-order valence-corrected chi connectivity index (χ4v) is 3.11. The maximum atomic E-state index is 11.9. The molecule has 130 valence electrons. The number of piperazine rings is 1. The molecule has 0 spiro atoms. The van der Waals surface area contributed by atoms with Gasteiger partial charge in [0.15, 0.2) is 0 Å². The highest BCUT2D eigenvalue weighted by atomic mass is 16.2. The normalized spacial score (nSPS) is 16.1. The van der Waals surface area contributed by atoms with Crippen molar-refractivity contribution in [2.24, 2.45) is 0 Å². The van der Waals surface area contributed by atoms with E-state index in [0.717, 1.165) is 48.8 Å². The van der Waals surface area contributed by atoms with E-state index in [9.17, 15) is 4.79 Å². The number of hydrogen-bond acceptors (Lipinski definition) is 6. The zero-order chi connectivity index (χ0) is 17.3. The summed E-state index contributed by atoms with van der Waals surface area (Å²) in [5.74, 6) is 0.0919. The van der Waals surface area contributed by atoms with Crippen LogP contribution in [0.15, 0.2) is 6.33 Å². The summed E-state index contributed by atoms with van der Waals surface area (Å²) in [6.07, 6.45) is 1.64. The first-order valence-corrected chi connectivity index (χ1v) is 8.39. The summed E-state index contributed by atoms with van der Waals surface area (Å²) in [6.45, 7) is 11.9. The molecule has 0 unspecified atom stereocenters. The van der Waals surface area contributed by atoms with E-state index in [-0.39, 0.29) is 11.9 Å². The maximum absolute atomic E-state index is 11.9. The SMILES string of the molecule is Cc1nn2cnnc2c(N2CCN(CC(=O)NC(C)C)CC2)c1C. The summed E-state index contributed by atoms with van der Waals surface area (Å²) in [5, 5.41) is 15.6. The third kappa shape index (κ3) is 3.33. The molecule has 24 heavy (non-hydrogen) atoms. The van der Waals surface area contributed by atoms with Gasteiger partial charge >= 0.3 is 0 Å². The van der Waals surface area contributed by atoms with Crippen LogP contribution < -0.4 is 10.2 Å². The van der Waals surface area contributed by atoms with Gasteiger partial charge in [0.1, 0.15) is 6.33 Å². The second kappa shape index (κ2) is 6.72. The standard InChI is InChI=1S/C16H25N7O/c1-11(2)18-14(24)9-21-5-7-22(8-6-21)15-12(3)13(4)20-23-10-17-19-16(15)23/h10-11H,5-9H2,1-4H3,(H,18,24). The average molecular weight is 331 g/mol. The van der Waals surface area contributed by atoms with Gasteiger partial charge in [-0.1, -0.05) is 0 Å². The topological polar surface area (TPSA) is 78.7 Å². The summed E-state index contributed by atoms with van der Waals surface area (Å²) < 4.78 is 1.74. The van der Waals surface area contributed by atoms with Crippen molar-refractivity contribution in [3.05, 3.63) is 17.6 Å². The third-order valence-corrected chi connectivity index (χ3v) is 4.40. The minimum absolute atomic E-state index is 0.0919. The van der Waals surface area contributed by atoms with Gasteiger partial charge in [-0.15, -0.1) is 10.2 Å². The zero-order valence-electron chi connectivity index (χ0n) is 14.8. The van der Waals surface area contributed by atoms with Crippen LogP contribution in [0.2, 0.25) is 0 Å². The van der Waals surface area contributed by atoms with Gasteiger partial charge in [-0.3, -0.25) is 9.69 Å². The van der Waals surface area contributed by atoms with Crippen LogP contribution >= 0.6 is 0 Å². The van der Waals surface area contributed by atoms with Crippen molar-refractivity contribution < 1.29 is 4.79 Å². The van der Waals surface area contributed by atoms with Crippen molar-refractivity contribution in [2.75, 3.05) is 37.6 Å². The lowest BCUT2D eigenvalue weighted by Gasteiger charge is -2.36. The highest BCUT2D eigenvalue weighted by Crippen LogP contribution is 2.26. The summed E-state index contributed by atoms with van der Waals surface area (Å²) >= 11 is 0. The Bertz CT molecular complexity index is 731. The van der Waals surface area contributed by atoms with E-state index in [1.54, 1.807) is 10.8 Å². The molecule has 8 heteroatoms. The molecule has 1 saturated heterocycles. The number of nitrogens with zero attached hydrogens (tertiary/aromatic N) is 6. The lowest BCUT2D eigenvalue weighted by atomic mass is 10.1. The largest absolute Gasteiger partial charge is 0.366 e. The van der Waals surface area contributed by atoms with Gasteiger partial charge in [0, 0.05) is 32.2 Å². The molecule has 1 fully saturated rings. The molecular formula is C16H25N7O. The molecule has 2 aromatic rings. The molecule has 0 aromatic carbocycles. The first kappa shape index (κ1) is 16.6. The minimum Gasteiger partial charge on any atom is -0.366 e. The number of fused-ring (bicyclic) bond motifs is 1. The van der Waals surface area contributed by atoms with Crippen molar-refractivity contribution in [3.63, 3.8) is 0 Å². The van der Waals surface area contributed by atoms with Gasteiger partial charge in [-0.25, -0.2) is 0 Å². The van der Waals surface area contributed by atoms with Crippen LogP contribution in [0.1, 0.15) is 25.1 Å². The number of aryl methyl sites for hydroxylation is 1. The molecule has 1 amide bonds. The first-order chi connectivity index (χ1) is 11.5. The number of carbonyl (C=O) groups is 1. The predicted molar refractivity (Wildman–Crippen MR) is 92.2 cm³/mol. The summed E-state index contributed by atoms with van der Waals surface area (Å²) in [5.41, 5.74) is 4.02. The van der Waals surface area contributed by atoms with Crippen LogP contribution in [-0.4, -0.2) is 69.4 Å². The average Bonchev–Trinajstić information content (AvgIpc) is 2.96. The van der Waals surface area contributed by atoms with Crippen LogP contribution in [0, 0.1) is 13.8 Å². The van der Waals surface area contributed by atoms with Crippen molar-refractivity contribution in [1.82, 2.24) is 30.0 Å². The van der Waals surface area contributed by atoms with Crippen LogP contribution in [0.4, 0.5) is 5.69 Å². The molecular weight excluding hydrogens is 306 g/mol. The van der Waals surface area contributed by atoms with E-state index in [4.69, 9.17) is 0 Å². The Morgan fingerprint density at radius 3 is 2.62 bits per heavy atom. The van der Waals surface area contributed by atoms with Crippen molar-refractivity contribution in [1.29, 1.82) is 0 Å². The molecule has 0 radical (unpaired) electrons. The molecule has 0 aliphatic carbocycles. The van der Waals surface area contributed by atoms with Gasteiger partial charge in [0.25, 0.3) is 0 Å². The van der Waals surface area contributed by atoms with E-state index >= 15 is 0 Å². The lowest BCUT2D eigenvalue weighted by molar-refractivity contribution is -0.122. The van der Waals surface area contributed by atoms with Crippen molar-refractivity contribution in [2.45, 2.75) is 33.7 Å². The van der Waals surface area contributed by atoms with E-state index in [1.807, 2.05) is 20.8 Å². The fourth-order valence-electron chi connectivity index (χ4n) is 3.11. The van der Waals surface area contributed by atoms with Gasteiger partial charge in [0.05, 0.1) is 17.9 Å². The van der Waals surface area contributed by atoms with Gasteiger partial charge in [-0.05, 0) is 33.3 Å². The summed E-state index contributed by atoms with van der Waals surface area (Å²) in [4.78, 5) is 16.4. The number of carbonyl (C=O) groups excluding carboxylic acids is 1. The monoisotopic (exact) mass is 331 g/mol. The molecule has 0 atom stereocenters. The van der Waals surface area contributed by atoms with Gasteiger partial charge in [0.2, 0.25) is 11.6 Å². The van der Waals surface area contributed by atoms with Crippen molar-refractivity contribution >= 4 is 17.2 Å². The Morgan fingerprint density at radius 1 is 1.25 bits per heavy atom. The molecule has 1 N–H and O–H groups in total. The zero-order valence-corrected chi connectivity index (χ0v) is 14.8. The van der Waals surface area contributed by atoms with E-state index in [1.165, 1.54) is 0 Å². The minimum atomic E-state index is 0.0919. The molecule has 1 aliphatic rings. The Balaban J connectivity index is 1.70. The number of hydrogen-bond donors (Lipinski definition) is 1. The molecule has 8 nitrogen and oxygen atoms in total.